The van der Waals surface area contributed by atoms with Gasteiger partial charge in [0.05, 0.1) is 18.0 Å². The van der Waals surface area contributed by atoms with Crippen molar-refractivity contribution in [2.45, 2.75) is 30.6 Å². The van der Waals surface area contributed by atoms with Crippen molar-refractivity contribution in [3.8, 4) is 11.5 Å². The van der Waals surface area contributed by atoms with Gasteiger partial charge in [0.2, 0.25) is 5.91 Å². The quantitative estimate of drug-likeness (QED) is 0.0836. The lowest BCUT2D eigenvalue weighted by Gasteiger charge is -2.16. The minimum absolute atomic E-state index is 0.0633. The molecule has 0 saturated heterocycles. The second-order valence-electron chi connectivity index (χ2n) is 11.3. The number of rotatable bonds is 13. The predicted molar refractivity (Wildman–Crippen MR) is 201 cm³/mol. The highest BCUT2D eigenvalue weighted by Gasteiger charge is 2.19. The Labute approximate surface area is 300 Å². The van der Waals surface area contributed by atoms with Gasteiger partial charge in [-0.1, -0.05) is 72.3 Å². The SMILES string of the molecule is COc1cc(Cl)c(C)cc1NC(=O)C(C)Sc1ccc(NC(=O)/C(=C/c2ccc(OCc3ccccc3)cc2)NC(=O)c2ccccc2)cc1. The molecule has 50 heavy (non-hydrogen) atoms. The van der Waals surface area contributed by atoms with E-state index in [4.69, 9.17) is 21.1 Å². The average Bonchev–Trinajstić information content (AvgIpc) is 3.14. The Hall–Kier alpha value is -5.51. The summed E-state index contributed by atoms with van der Waals surface area (Å²) in [5.74, 6) is 0.0331. The first-order valence-electron chi connectivity index (χ1n) is 15.8. The average molecular weight is 706 g/mol. The number of carbonyl (C=O) groups excluding carboxylic acids is 3. The molecule has 1 unspecified atom stereocenters. The summed E-state index contributed by atoms with van der Waals surface area (Å²) >= 11 is 7.57. The highest BCUT2D eigenvalue weighted by Crippen LogP contribution is 2.32. The molecule has 5 rings (SSSR count). The van der Waals surface area contributed by atoms with Gasteiger partial charge < -0.3 is 25.4 Å². The molecule has 1 atom stereocenters. The molecule has 10 heteroatoms. The summed E-state index contributed by atoms with van der Waals surface area (Å²) in [5, 5.41) is 8.66. The highest BCUT2D eigenvalue weighted by molar-refractivity contribution is 8.00. The van der Waals surface area contributed by atoms with Crippen molar-refractivity contribution >= 4 is 58.5 Å². The van der Waals surface area contributed by atoms with Crippen LogP contribution >= 0.6 is 23.4 Å². The molecule has 0 radical (unpaired) electrons. The first-order chi connectivity index (χ1) is 24.2. The third-order valence-corrected chi connectivity index (χ3v) is 9.02. The van der Waals surface area contributed by atoms with Crippen LogP contribution in [-0.4, -0.2) is 30.1 Å². The Kier molecular flexibility index (Phi) is 12.3. The summed E-state index contributed by atoms with van der Waals surface area (Å²) < 4.78 is 11.3. The molecule has 0 aliphatic rings. The zero-order chi connectivity index (χ0) is 35.5. The van der Waals surface area contributed by atoms with E-state index in [1.807, 2.05) is 79.7 Å². The maximum atomic E-state index is 13.5. The number of anilines is 2. The maximum Gasteiger partial charge on any atom is 0.272 e. The Morgan fingerprint density at radius 3 is 2.16 bits per heavy atom. The molecule has 8 nitrogen and oxygen atoms in total. The van der Waals surface area contributed by atoms with Crippen LogP contribution < -0.4 is 25.4 Å². The van der Waals surface area contributed by atoms with Gasteiger partial charge in [0.15, 0.2) is 0 Å². The number of halogens is 1. The Morgan fingerprint density at radius 2 is 1.50 bits per heavy atom. The fraction of sp³-hybridized carbons (Fsp3) is 0.125. The molecule has 0 fully saturated rings. The van der Waals surface area contributed by atoms with Gasteiger partial charge in [-0.25, -0.2) is 0 Å². The number of amides is 3. The first-order valence-corrected chi connectivity index (χ1v) is 17.0. The van der Waals surface area contributed by atoms with E-state index in [9.17, 15) is 14.4 Å². The van der Waals surface area contributed by atoms with Gasteiger partial charge >= 0.3 is 0 Å². The lowest BCUT2D eigenvalue weighted by molar-refractivity contribution is -0.115. The van der Waals surface area contributed by atoms with Crippen molar-refractivity contribution in [3.63, 3.8) is 0 Å². The summed E-state index contributed by atoms with van der Waals surface area (Å²) in [7, 11) is 1.52. The van der Waals surface area contributed by atoms with Crippen molar-refractivity contribution in [1.82, 2.24) is 5.32 Å². The number of hydrogen-bond acceptors (Lipinski definition) is 6. The van der Waals surface area contributed by atoms with Gasteiger partial charge in [-0.05, 0) is 91.2 Å². The van der Waals surface area contributed by atoms with Gasteiger partial charge in [-0.3, -0.25) is 14.4 Å². The Morgan fingerprint density at radius 1 is 0.840 bits per heavy atom. The van der Waals surface area contributed by atoms with Crippen LogP contribution in [0.1, 0.15) is 34.0 Å². The van der Waals surface area contributed by atoms with E-state index in [2.05, 4.69) is 16.0 Å². The molecule has 5 aromatic carbocycles. The van der Waals surface area contributed by atoms with Crippen LogP contribution in [0.25, 0.3) is 6.08 Å². The fourth-order valence-corrected chi connectivity index (χ4v) is 5.77. The number of ether oxygens (including phenoxy) is 2. The molecule has 0 heterocycles. The second-order valence-corrected chi connectivity index (χ2v) is 13.1. The number of benzene rings is 5. The van der Waals surface area contributed by atoms with E-state index in [1.165, 1.54) is 18.9 Å². The van der Waals surface area contributed by atoms with Crippen LogP contribution in [0.4, 0.5) is 11.4 Å². The van der Waals surface area contributed by atoms with E-state index in [-0.39, 0.29) is 11.6 Å². The van der Waals surface area contributed by atoms with Crippen molar-refractivity contribution < 1.29 is 23.9 Å². The van der Waals surface area contributed by atoms with Crippen LogP contribution in [-0.2, 0) is 16.2 Å². The zero-order valence-corrected chi connectivity index (χ0v) is 29.3. The molecule has 254 valence electrons. The Bertz CT molecular complexity index is 1970. The summed E-state index contributed by atoms with van der Waals surface area (Å²) in [5.41, 5.74) is 4.11. The number of thioether (sulfide) groups is 1. The molecule has 0 spiro atoms. The molecule has 0 saturated carbocycles. The maximum absolute atomic E-state index is 13.5. The summed E-state index contributed by atoms with van der Waals surface area (Å²) in [6.07, 6.45) is 1.61. The molecule has 0 aliphatic heterocycles. The molecule has 0 aliphatic carbocycles. The molecular formula is C40H36ClN3O5S. The molecule has 5 aromatic rings. The van der Waals surface area contributed by atoms with Crippen LogP contribution in [0.3, 0.4) is 0 Å². The largest absolute Gasteiger partial charge is 0.495 e. The van der Waals surface area contributed by atoms with E-state index in [1.54, 1.807) is 61.5 Å². The number of nitrogens with one attached hydrogen (secondary N) is 3. The smallest absolute Gasteiger partial charge is 0.272 e. The fourth-order valence-electron chi connectivity index (χ4n) is 4.75. The number of carbonyl (C=O) groups is 3. The first kappa shape index (κ1) is 35.8. The van der Waals surface area contributed by atoms with Crippen LogP contribution in [0.15, 0.2) is 132 Å². The van der Waals surface area contributed by atoms with Crippen molar-refractivity contribution in [3.05, 3.63) is 154 Å². The van der Waals surface area contributed by atoms with Gasteiger partial charge in [-0.15, -0.1) is 11.8 Å². The van der Waals surface area contributed by atoms with Gasteiger partial charge in [0, 0.05) is 27.2 Å². The minimum atomic E-state index is -0.501. The predicted octanol–water partition coefficient (Wildman–Crippen LogP) is 8.76. The number of methoxy groups -OCH3 is 1. The number of hydrogen-bond donors (Lipinski definition) is 3. The van der Waals surface area contributed by atoms with Crippen LogP contribution in [0, 0.1) is 6.92 Å². The second kappa shape index (κ2) is 17.2. The third kappa shape index (κ3) is 10.0. The van der Waals surface area contributed by atoms with E-state index in [0.717, 1.165) is 16.0 Å². The van der Waals surface area contributed by atoms with Gasteiger partial charge in [0.25, 0.3) is 11.8 Å². The van der Waals surface area contributed by atoms with E-state index >= 15 is 0 Å². The summed E-state index contributed by atoms with van der Waals surface area (Å²) in [6.45, 7) is 4.09. The third-order valence-electron chi connectivity index (χ3n) is 7.50. The normalized spacial score (nSPS) is 11.6. The topological polar surface area (TPSA) is 106 Å². The van der Waals surface area contributed by atoms with Crippen molar-refractivity contribution in [1.29, 1.82) is 0 Å². The van der Waals surface area contributed by atoms with E-state index < -0.39 is 17.1 Å². The molecule has 0 aromatic heterocycles. The van der Waals surface area contributed by atoms with E-state index in [0.29, 0.717) is 45.6 Å². The molecule has 0 bridgehead atoms. The molecule has 3 amide bonds. The lowest BCUT2D eigenvalue weighted by atomic mass is 10.1. The van der Waals surface area contributed by atoms with Gasteiger partial charge in [0.1, 0.15) is 23.8 Å². The van der Waals surface area contributed by atoms with Crippen molar-refractivity contribution in [2.24, 2.45) is 0 Å². The van der Waals surface area contributed by atoms with Gasteiger partial charge in [-0.2, -0.15) is 0 Å². The highest BCUT2D eigenvalue weighted by atomic mass is 35.5. The number of aryl methyl sites for hydroxylation is 1. The minimum Gasteiger partial charge on any atom is -0.495 e. The Balaban J connectivity index is 1.25. The molecular weight excluding hydrogens is 670 g/mol. The monoisotopic (exact) mass is 705 g/mol. The summed E-state index contributed by atoms with van der Waals surface area (Å²) in [6, 6.07) is 36.4. The zero-order valence-electron chi connectivity index (χ0n) is 27.7. The van der Waals surface area contributed by atoms with Crippen LogP contribution in [0.5, 0.6) is 11.5 Å². The standard InChI is InChI=1S/C40H36ClN3O5S/c1-26-22-35(37(48-3)24-34(26)41)43-38(45)27(2)50-33-20-16-31(17-21-33)42-40(47)36(44-39(46)30-12-8-5-9-13-30)23-28-14-18-32(19-15-28)49-25-29-10-6-4-7-11-29/h4-24,27H,25H2,1-3H3,(H,42,47)(H,43,45)(H,44,46)/b36-23-. The summed E-state index contributed by atoms with van der Waals surface area (Å²) in [4.78, 5) is 40.4. The molecule has 3 N–H and O–H groups in total. The lowest BCUT2D eigenvalue weighted by Crippen LogP contribution is -2.30. The van der Waals surface area contributed by atoms with Crippen molar-refractivity contribution in [2.75, 3.05) is 17.7 Å². The van der Waals surface area contributed by atoms with Crippen LogP contribution in [0.2, 0.25) is 5.02 Å².